The van der Waals surface area contributed by atoms with E-state index in [2.05, 4.69) is 0 Å². The molecule has 5 aromatic rings. The largest absolute Gasteiger partial charge is 0.423 e. The lowest BCUT2D eigenvalue weighted by Gasteiger charge is -2.08. The molecule has 0 aliphatic heterocycles. The van der Waals surface area contributed by atoms with Crippen LogP contribution >= 0.6 is 0 Å². The standard InChI is InChI=1S/C32H22O4/c33-31(27-13-11-25(12-14-27)23-7-3-1-4-8-23)36-30-21-17-28(18-22-30)32(34)35-29-19-15-26(16-20-29)24-9-5-2-6-10-24/h1-22H. The van der Waals surface area contributed by atoms with E-state index in [-0.39, 0.29) is 0 Å². The quantitative estimate of drug-likeness (QED) is 0.191. The number of esters is 2. The fourth-order valence-electron chi connectivity index (χ4n) is 3.77. The molecule has 0 aliphatic carbocycles. The van der Waals surface area contributed by atoms with Gasteiger partial charge in [0.05, 0.1) is 11.1 Å². The summed E-state index contributed by atoms with van der Waals surface area (Å²) in [6.07, 6.45) is 0. The molecule has 0 aliphatic rings. The fourth-order valence-corrected chi connectivity index (χ4v) is 3.77. The molecule has 0 bridgehead atoms. The summed E-state index contributed by atoms with van der Waals surface area (Å²) in [6, 6.07) is 40.8. The van der Waals surface area contributed by atoms with Crippen molar-refractivity contribution in [2.45, 2.75) is 0 Å². The first-order valence-corrected chi connectivity index (χ1v) is 11.5. The predicted octanol–water partition coefficient (Wildman–Crippen LogP) is 7.46. The van der Waals surface area contributed by atoms with Crippen LogP contribution in [0.2, 0.25) is 0 Å². The maximum atomic E-state index is 12.5. The minimum Gasteiger partial charge on any atom is -0.423 e. The summed E-state index contributed by atoms with van der Waals surface area (Å²) < 4.78 is 10.9. The Morgan fingerprint density at radius 1 is 0.361 bits per heavy atom. The lowest BCUT2D eigenvalue weighted by Crippen LogP contribution is -2.10. The number of benzene rings is 5. The summed E-state index contributed by atoms with van der Waals surface area (Å²) in [4.78, 5) is 25.1. The summed E-state index contributed by atoms with van der Waals surface area (Å²) in [6.45, 7) is 0. The van der Waals surface area contributed by atoms with Crippen molar-refractivity contribution >= 4 is 11.9 Å². The Balaban J connectivity index is 1.19. The van der Waals surface area contributed by atoms with Gasteiger partial charge in [-0.15, -0.1) is 0 Å². The molecule has 0 N–H and O–H groups in total. The molecule has 0 aromatic heterocycles. The first-order chi connectivity index (χ1) is 17.7. The number of hydrogen-bond donors (Lipinski definition) is 0. The van der Waals surface area contributed by atoms with Crippen LogP contribution < -0.4 is 9.47 Å². The van der Waals surface area contributed by atoms with Gasteiger partial charge < -0.3 is 9.47 Å². The molecule has 174 valence electrons. The minimum absolute atomic E-state index is 0.343. The van der Waals surface area contributed by atoms with Crippen molar-refractivity contribution in [1.82, 2.24) is 0 Å². The average molecular weight is 471 g/mol. The van der Waals surface area contributed by atoms with Crippen LogP contribution in [0.15, 0.2) is 133 Å². The van der Waals surface area contributed by atoms with Crippen LogP contribution in [0.4, 0.5) is 0 Å². The van der Waals surface area contributed by atoms with Gasteiger partial charge in [-0.25, -0.2) is 9.59 Å². The second-order valence-corrected chi connectivity index (χ2v) is 8.14. The van der Waals surface area contributed by atoms with Crippen LogP contribution in [-0.4, -0.2) is 11.9 Å². The van der Waals surface area contributed by atoms with Gasteiger partial charge in [-0.3, -0.25) is 0 Å². The summed E-state index contributed by atoms with van der Waals surface area (Å²) in [5.74, 6) is -0.162. The molecule has 0 unspecified atom stereocenters. The highest BCUT2D eigenvalue weighted by Gasteiger charge is 2.12. The zero-order valence-electron chi connectivity index (χ0n) is 19.3. The molecule has 4 heteroatoms. The van der Waals surface area contributed by atoms with Crippen molar-refractivity contribution in [2.24, 2.45) is 0 Å². The zero-order chi connectivity index (χ0) is 24.7. The van der Waals surface area contributed by atoms with E-state index in [0.29, 0.717) is 22.6 Å². The maximum absolute atomic E-state index is 12.5. The molecule has 0 atom stereocenters. The van der Waals surface area contributed by atoms with Crippen molar-refractivity contribution in [2.75, 3.05) is 0 Å². The van der Waals surface area contributed by atoms with E-state index >= 15 is 0 Å². The van der Waals surface area contributed by atoms with Crippen molar-refractivity contribution in [3.05, 3.63) is 145 Å². The zero-order valence-corrected chi connectivity index (χ0v) is 19.3. The summed E-state index contributed by atoms with van der Waals surface area (Å²) in [5, 5.41) is 0. The van der Waals surface area contributed by atoms with Crippen LogP contribution in [0.1, 0.15) is 20.7 Å². The highest BCUT2D eigenvalue weighted by Crippen LogP contribution is 2.24. The number of hydrogen-bond acceptors (Lipinski definition) is 4. The molecule has 0 heterocycles. The van der Waals surface area contributed by atoms with Gasteiger partial charge in [-0.1, -0.05) is 84.9 Å². The number of rotatable bonds is 6. The van der Waals surface area contributed by atoms with Crippen molar-refractivity contribution in [3.8, 4) is 33.8 Å². The molecule has 0 radical (unpaired) electrons. The molecule has 36 heavy (non-hydrogen) atoms. The second kappa shape index (κ2) is 10.5. The molecule has 0 saturated heterocycles. The molecule has 4 nitrogen and oxygen atoms in total. The third-order valence-corrected chi connectivity index (χ3v) is 5.70. The SMILES string of the molecule is O=C(Oc1ccc(-c2ccccc2)cc1)c1ccc(OC(=O)c2ccc(-c3ccccc3)cc2)cc1. The molecule has 0 amide bonds. The van der Waals surface area contributed by atoms with Gasteiger partial charge in [0.1, 0.15) is 11.5 Å². The van der Waals surface area contributed by atoms with Gasteiger partial charge in [0.2, 0.25) is 0 Å². The third-order valence-electron chi connectivity index (χ3n) is 5.70. The lowest BCUT2D eigenvalue weighted by molar-refractivity contribution is 0.0730. The molecule has 0 spiro atoms. The Morgan fingerprint density at radius 3 is 1.08 bits per heavy atom. The Bertz CT molecular complexity index is 1460. The van der Waals surface area contributed by atoms with Gasteiger partial charge >= 0.3 is 11.9 Å². The Labute approximate surface area is 209 Å². The van der Waals surface area contributed by atoms with Gasteiger partial charge in [0, 0.05) is 0 Å². The highest BCUT2D eigenvalue weighted by atomic mass is 16.5. The van der Waals surface area contributed by atoms with Crippen LogP contribution in [0.25, 0.3) is 22.3 Å². The first kappa shape index (κ1) is 22.8. The second-order valence-electron chi connectivity index (χ2n) is 8.14. The topological polar surface area (TPSA) is 52.6 Å². The van der Waals surface area contributed by atoms with Gasteiger partial charge in [0.15, 0.2) is 0 Å². The summed E-state index contributed by atoms with van der Waals surface area (Å²) in [7, 11) is 0. The third kappa shape index (κ3) is 5.40. The Morgan fingerprint density at radius 2 is 0.667 bits per heavy atom. The predicted molar refractivity (Wildman–Crippen MR) is 140 cm³/mol. The highest BCUT2D eigenvalue weighted by molar-refractivity contribution is 5.93. The average Bonchev–Trinajstić information content (AvgIpc) is 2.95. The van der Waals surface area contributed by atoms with Crippen LogP contribution in [0.3, 0.4) is 0 Å². The van der Waals surface area contributed by atoms with Gasteiger partial charge in [-0.05, 0) is 70.8 Å². The maximum Gasteiger partial charge on any atom is 0.343 e. The molecular weight excluding hydrogens is 448 g/mol. The lowest BCUT2D eigenvalue weighted by atomic mass is 10.0. The van der Waals surface area contributed by atoms with E-state index in [1.54, 1.807) is 48.5 Å². The summed E-state index contributed by atoms with van der Waals surface area (Å²) in [5.41, 5.74) is 5.02. The molecule has 0 saturated carbocycles. The Hall–Kier alpha value is -4.96. The van der Waals surface area contributed by atoms with Gasteiger partial charge in [-0.2, -0.15) is 0 Å². The van der Waals surface area contributed by atoms with E-state index in [1.807, 2.05) is 84.9 Å². The number of ether oxygens (including phenoxy) is 2. The van der Waals surface area contributed by atoms with E-state index in [1.165, 1.54) is 0 Å². The number of carbonyl (C=O) groups is 2. The fraction of sp³-hybridized carbons (Fsp3) is 0. The Kier molecular flexibility index (Phi) is 6.68. The van der Waals surface area contributed by atoms with E-state index in [0.717, 1.165) is 22.3 Å². The first-order valence-electron chi connectivity index (χ1n) is 11.5. The van der Waals surface area contributed by atoms with Crippen LogP contribution in [0, 0.1) is 0 Å². The van der Waals surface area contributed by atoms with Crippen molar-refractivity contribution < 1.29 is 19.1 Å². The van der Waals surface area contributed by atoms with Crippen molar-refractivity contribution in [1.29, 1.82) is 0 Å². The van der Waals surface area contributed by atoms with Crippen molar-refractivity contribution in [3.63, 3.8) is 0 Å². The van der Waals surface area contributed by atoms with Crippen LogP contribution in [-0.2, 0) is 0 Å². The van der Waals surface area contributed by atoms with E-state index < -0.39 is 11.9 Å². The van der Waals surface area contributed by atoms with E-state index in [4.69, 9.17) is 9.47 Å². The molecule has 0 fully saturated rings. The molecule has 5 aromatic carbocycles. The number of carbonyl (C=O) groups excluding carboxylic acids is 2. The molecular formula is C32H22O4. The van der Waals surface area contributed by atoms with Gasteiger partial charge in [0.25, 0.3) is 0 Å². The van der Waals surface area contributed by atoms with Crippen LogP contribution in [0.5, 0.6) is 11.5 Å². The summed E-state index contributed by atoms with van der Waals surface area (Å²) >= 11 is 0. The smallest absolute Gasteiger partial charge is 0.343 e. The monoisotopic (exact) mass is 470 g/mol. The minimum atomic E-state index is -0.489. The van der Waals surface area contributed by atoms with E-state index in [9.17, 15) is 9.59 Å². The normalized spacial score (nSPS) is 10.4. The molecule has 5 rings (SSSR count).